The molecule has 0 aromatic carbocycles. The number of hydrogen-bond acceptors (Lipinski definition) is 3. The largest absolute Gasteiger partial charge is 0.303 e. The van der Waals surface area contributed by atoms with E-state index in [9.17, 15) is 9.59 Å². The quantitative estimate of drug-likeness (QED) is 0.331. The van der Waals surface area contributed by atoms with Gasteiger partial charge in [-0.3, -0.25) is 9.63 Å². The molecule has 4 heteroatoms. The topological polar surface area (TPSA) is 46.6 Å². The van der Waals surface area contributed by atoms with E-state index in [2.05, 4.69) is 4.84 Å². The Hall–Kier alpha value is -0.900. The summed E-state index contributed by atoms with van der Waals surface area (Å²) in [4.78, 5) is 25.4. The van der Waals surface area contributed by atoms with Crippen LogP contribution in [0.1, 0.15) is 19.3 Å². The van der Waals surface area contributed by atoms with Crippen molar-refractivity contribution in [3.8, 4) is 0 Å². The van der Waals surface area contributed by atoms with E-state index in [-0.39, 0.29) is 5.91 Å². The minimum absolute atomic E-state index is 0.102. The molecule has 0 heterocycles. The number of aldehydes is 1. The highest BCUT2D eigenvalue weighted by Gasteiger charge is 2.05. The van der Waals surface area contributed by atoms with Crippen LogP contribution < -0.4 is 0 Å². The molecule has 0 bridgehead atoms. The van der Waals surface area contributed by atoms with Crippen molar-refractivity contribution >= 4 is 12.2 Å². The van der Waals surface area contributed by atoms with Crippen molar-refractivity contribution in [2.24, 2.45) is 0 Å². The van der Waals surface area contributed by atoms with Gasteiger partial charge in [-0.2, -0.15) is 0 Å². The second kappa shape index (κ2) is 5.85. The van der Waals surface area contributed by atoms with Gasteiger partial charge in [0.25, 0.3) is 0 Å². The normalized spacial score (nSPS) is 9.27. The maximum atomic E-state index is 10.9. The molecule has 0 fully saturated rings. The third-order valence-corrected chi connectivity index (χ3v) is 1.34. The van der Waals surface area contributed by atoms with Crippen molar-refractivity contribution in [2.45, 2.75) is 19.3 Å². The first-order valence-electron chi connectivity index (χ1n) is 3.46. The summed E-state index contributed by atoms with van der Waals surface area (Å²) in [6, 6.07) is 0. The second-order valence-corrected chi connectivity index (χ2v) is 2.13. The Kier molecular flexibility index (Phi) is 5.37. The molecule has 0 unspecified atom stereocenters. The van der Waals surface area contributed by atoms with Crippen LogP contribution >= 0.6 is 0 Å². The fraction of sp³-hybridized carbons (Fsp3) is 0.714. The fourth-order valence-corrected chi connectivity index (χ4v) is 0.596. The maximum Gasteiger partial charge on any atom is 0.245 e. The van der Waals surface area contributed by atoms with Gasteiger partial charge in [-0.15, -0.1) is 0 Å². The van der Waals surface area contributed by atoms with E-state index in [4.69, 9.17) is 0 Å². The van der Waals surface area contributed by atoms with Crippen LogP contribution in [-0.4, -0.2) is 31.4 Å². The van der Waals surface area contributed by atoms with Crippen molar-refractivity contribution in [1.29, 1.82) is 0 Å². The van der Waals surface area contributed by atoms with Gasteiger partial charge in [0.2, 0.25) is 5.91 Å². The monoisotopic (exact) mass is 159 g/mol. The molecular weight excluding hydrogens is 146 g/mol. The maximum absolute atomic E-state index is 10.9. The van der Waals surface area contributed by atoms with Crippen LogP contribution in [-0.2, 0) is 14.4 Å². The number of rotatable bonds is 5. The van der Waals surface area contributed by atoms with Crippen LogP contribution in [0.25, 0.3) is 0 Å². The van der Waals surface area contributed by atoms with Gasteiger partial charge in [-0.1, -0.05) is 0 Å². The summed E-state index contributed by atoms with van der Waals surface area (Å²) in [7, 11) is 2.97. The van der Waals surface area contributed by atoms with Crippen molar-refractivity contribution < 1.29 is 14.4 Å². The molecule has 0 atom stereocenters. The minimum atomic E-state index is -0.102. The van der Waals surface area contributed by atoms with Gasteiger partial charge in [0, 0.05) is 19.9 Å². The lowest BCUT2D eigenvalue weighted by Gasteiger charge is -2.12. The lowest BCUT2D eigenvalue weighted by molar-refractivity contribution is -0.168. The first-order chi connectivity index (χ1) is 5.22. The van der Waals surface area contributed by atoms with E-state index in [1.54, 1.807) is 7.05 Å². The Morgan fingerprint density at radius 2 is 2.27 bits per heavy atom. The zero-order chi connectivity index (χ0) is 8.69. The van der Waals surface area contributed by atoms with E-state index in [1.807, 2.05) is 0 Å². The summed E-state index contributed by atoms with van der Waals surface area (Å²) < 4.78 is 0. The first kappa shape index (κ1) is 10.1. The number of carbonyl (C=O) groups is 2. The van der Waals surface area contributed by atoms with E-state index >= 15 is 0 Å². The van der Waals surface area contributed by atoms with Gasteiger partial charge in [-0.25, -0.2) is 5.06 Å². The summed E-state index contributed by atoms with van der Waals surface area (Å²) in [5.74, 6) is -0.102. The van der Waals surface area contributed by atoms with Crippen LogP contribution in [0.2, 0.25) is 0 Å². The van der Waals surface area contributed by atoms with Crippen molar-refractivity contribution in [3.05, 3.63) is 0 Å². The highest BCUT2D eigenvalue weighted by Crippen LogP contribution is 1.97. The van der Waals surface area contributed by atoms with E-state index in [1.165, 1.54) is 7.11 Å². The lowest BCUT2D eigenvalue weighted by Crippen LogP contribution is -2.24. The molecule has 64 valence electrons. The summed E-state index contributed by atoms with van der Waals surface area (Å²) in [6.45, 7) is 0. The highest BCUT2D eigenvalue weighted by molar-refractivity contribution is 5.74. The Bertz CT molecular complexity index is 136. The number of unbranched alkanes of at least 4 members (excludes halogenated alkanes) is 1. The molecule has 11 heavy (non-hydrogen) atoms. The predicted molar refractivity (Wildman–Crippen MR) is 39.7 cm³/mol. The minimum Gasteiger partial charge on any atom is -0.303 e. The first-order valence-corrected chi connectivity index (χ1v) is 3.46. The summed E-state index contributed by atoms with van der Waals surface area (Å²) >= 11 is 0. The average molecular weight is 159 g/mol. The molecule has 0 aromatic rings. The van der Waals surface area contributed by atoms with E-state index in [0.29, 0.717) is 19.3 Å². The molecule has 0 spiro atoms. The van der Waals surface area contributed by atoms with Crippen LogP contribution in [0.3, 0.4) is 0 Å². The van der Waals surface area contributed by atoms with Gasteiger partial charge in [0.15, 0.2) is 0 Å². The van der Waals surface area contributed by atoms with Gasteiger partial charge in [0.05, 0.1) is 7.11 Å². The lowest BCUT2D eigenvalue weighted by atomic mass is 10.2. The third-order valence-electron chi connectivity index (χ3n) is 1.34. The number of nitrogens with zero attached hydrogens (tertiary/aromatic N) is 1. The standard InChI is InChI=1S/C7H13NO3/c1-8(11-2)7(10)5-3-4-6-9/h6H,3-5H2,1-2H3. The van der Waals surface area contributed by atoms with Gasteiger partial charge in [-0.05, 0) is 6.42 Å². The van der Waals surface area contributed by atoms with Crippen molar-refractivity contribution in [2.75, 3.05) is 14.2 Å². The summed E-state index contributed by atoms with van der Waals surface area (Å²) in [6.07, 6.45) is 2.20. The highest BCUT2D eigenvalue weighted by atomic mass is 16.7. The Morgan fingerprint density at radius 1 is 1.64 bits per heavy atom. The molecule has 0 aliphatic rings. The molecule has 0 aliphatic carbocycles. The number of carbonyl (C=O) groups excluding carboxylic acids is 2. The molecule has 0 aliphatic heterocycles. The molecule has 0 N–H and O–H groups in total. The zero-order valence-electron chi connectivity index (χ0n) is 6.87. The fourth-order valence-electron chi connectivity index (χ4n) is 0.596. The molecular formula is C7H13NO3. The summed E-state index contributed by atoms with van der Waals surface area (Å²) in [5.41, 5.74) is 0. The Morgan fingerprint density at radius 3 is 2.73 bits per heavy atom. The molecule has 4 nitrogen and oxygen atoms in total. The van der Waals surface area contributed by atoms with Gasteiger partial charge in [0.1, 0.15) is 6.29 Å². The molecule has 0 rings (SSSR count). The van der Waals surface area contributed by atoms with Gasteiger partial charge >= 0.3 is 0 Å². The number of hydroxylamine groups is 2. The average Bonchev–Trinajstić information content (AvgIpc) is 2.03. The van der Waals surface area contributed by atoms with Crippen LogP contribution in [0.4, 0.5) is 0 Å². The van der Waals surface area contributed by atoms with Gasteiger partial charge < -0.3 is 4.79 Å². The van der Waals surface area contributed by atoms with Crippen LogP contribution in [0.5, 0.6) is 0 Å². The zero-order valence-corrected chi connectivity index (χ0v) is 6.87. The molecule has 0 radical (unpaired) electrons. The SMILES string of the molecule is CON(C)C(=O)CCCC=O. The smallest absolute Gasteiger partial charge is 0.245 e. The number of amides is 1. The second-order valence-electron chi connectivity index (χ2n) is 2.13. The third kappa shape index (κ3) is 4.50. The molecule has 1 amide bonds. The van der Waals surface area contributed by atoms with Crippen molar-refractivity contribution in [3.63, 3.8) is 0 Å². The molecule has 0 saturated carbocycles. The van der Waals surface area contributed by atoms with E-state index < -0.39 is 0 Å². The Balaban J connectivity index is 3.43. The van der Waals surface area contributed by atoms with Crippen molar-refractivity contribution in [1.82, 2.24) is 5.06 Å². The Labute approximate surface area is 66.1 Å². The predicted octanol–water partition coefficient (Wildman–Crippen LogP) is 0.375. The van der Waals surface area contributed by atoms with Crippen LogP contribution in [0.15, 0.2) is 0 Å². The molecule has 0 saturated heterocycles. The summed E-state index contributed by atoms with van der Waals surface area (Å²) in [5, 5.41) is 1.16. The number of hydrogen-bond donors (Lipinski definition) is 0. The van der Waals surface area contributed by atoms with E-state index in [0.717, 1.165) is 11.3 Å². The van der Waals surface area contributed by atoms with Crippen LogP contribution in [0, 0.1) is 0 Å². The molecule has 0 aromatic heterocycles.